The van der Waals surface area contributed by atoms with Gasteiger partial charge in [0.05, 0.1) is 5.38 Å². The van der Waals surface area contributed by atoms with Crippen molar-refractivity contribution in [1.29, 1.82) is 0 Å². The van der Waals surface area contributed by atoms with E-state index in [9.17, 15) is 0 Å². The third-order valence-electron chi connectivity index (χ3n) is 1.52. The van der Waals surface area contributed by atoms with Crippen LogP contribution in [-0.4, -0.2) is 11.3 Å². The number of allylic oxidation sites excluding steroid dienone is 2. The SMILES string of the molecule is CCCCCC(Cl)/C=C/CCl. The summed E-state index contributed by atoms with van der Waals surface area (Å²) in [6.07, 6.45) is 8.70. The predicted octanol–water partition coefficient (Wildman–Crippen LogP) is 3.97. The Balaban J connectivity index is 3.21. The average molecular weight is 195 g/mol. The zero-order valence-electron chi connectivity index (χ0n) is 7.02. The summed E-state index contributed by atoms with van der Waals surface area (Å²) >= 11 is 11.4. The number of unbranched alkanes of at least 4 members (excludes halogenated alkanes) is 2. The Hall–Kier alpha value is 0.320. The zero-order chi connectivity index (χ0) is 8.53. The van der Waals surface area contributed by atoms with E-state index in [4.69, 9.17) is 23.2 Å². The van der Waals surface area contributed by atoms with Gasteiger partial charge in [0.25, 0.3) is 0 Å². The second-order valence-corrected chi connectivity index (χ2v) is 3.46. The predicted molar refractivity (Wildman–Crippen MR) is 53.6 cm³/mol. The first-order valence-corrected chi connectivity index (χ1v) is 5.15. The first-order chi connectivity index (χ1) is 5.31. The average Bonchev–Trinajstić information content (AvgIpc) is 2.01. The van der Waals surface area contributed by atoms with Gasteiger partial charge >= 0.3 is 0 Å². The molecule has 0 heterocycles. The van der Waals surface area contributed by atoms with Crippen LogP contribution in [0.1, 0.15) is 32.6 Å². The molecule has 0 radical (unpaired) electrons. The molecule has 0 nitrogen and oxygen atoms in total. The van der Waals surface area contributed by atoms with Crippen molar-refractivity contribution in [3.8, 4) is 0 Å². The molecule has 1 unspecified atom stereocenters. The molecule has 0 saturated carbocycles. The van der Waals surface area contributed by atoms with Crippen LogP contribution in [-0.2, 0) is 0 Å². The summed E-state index contributed by atoms with van der Waals surface area (Å²) in [7, 11) is 0. The molecule has 0 fully saturated rings. The lowest BCUT2D eigenvalue weighted by Crippen LogP contribution is -1.92. The highest BCUT2D eigenvalue weighted by molar-refractivity contribution is 6.22. The summed E-state index contributed by atoms with van der Waals surface area (Å²) < 4.78 is 0. The molecule has 11 heavy (non-hydrogen) atoms. The van der Waals surface area contributed by atoms with Crippen molar-refractivity contribution in [1.82, 2.24) is 0 Å². The molecule has 66 valence electrons. The van der Waals surface area contributed by atoms with Crippen molar-refractivity contribution in [3.05, 3.63) is 12.2 Å². The molecule has 2 heteroatoms. The largest absolute Gasteiger partial charge is 0.122 e. The van der Waals surface area contributed by atoms with Crippen LogP contribution >= 0.6 is 23.2 Å². The van der Waals surface area contributed by atoms with Gasteiger partial charge in [0.1, 0.15) is 0 Å². The molecule has 0 saturated heterocycles. The van der Waals surface area contributed by atoms with Gasteiger partial charge in [-0.05, 0) is 6.42 Å². The highest BCUT2D eigenvalue weighted by Crippen LogP contribution is 2.10. The van der Waals surface area contributed by atoms with Gasteiger partial charge in [0, 0.05) is 5.88 Å². The van der Waals surface area contributed by atoms with Crippen LogP contribution in [0.25, 0.3) is 0 Å². The molecule has 0 rings (SSSR count). The van der Waals surface area contributed by atoms with E-state index in [0.29, 0.717) is 5.88 Å². The zero-order valence-corrected chi connectivity index (χ0v) is 8.54. The molecule has 0 spiro atoms. The van der Waals surface area contributed by atoms with Gasteiger partial charge in [-0.1, -0.05) is 38.3 Å². The molecule has 0 aliphatic heterocycles. The van der Waals surface area contributed by atoms with Gasteiger partial charge in [-0.2, -0.15) is 0 Å². The van der Waals surface area contributed by atoms with Crippen molar-refractivity contribution >= 4 is 23.2 Å². The second kappa shape index (κ2) is 8.42. The van der Waals surface area contributed by atoms with Crippen LogP contribution in [0.4, 0.5) is 0 Å². The van der Waals surface area contributed by atoms with E-state index in [1.807, 2.05) is 12.2 Å². The van der Waals surface area contributed by atoms with E-state index in [1.165, 1.54) is 19.3 Å². The molecule has 0 aliphatic carbocycles. The molecule has 0 amide bonds. The van der Waals surface area contributed by atoms with Crippen molar-refractivity contribution in [2.24, 2.45) is 0 Å². The minimum absolute atomic E-state index is 0.181. The Bertz CT molecular complexity index is 99.7. The Morgan fingerprint density at radius 1 is 1.36 bits per heavy atom. The molecule has 0 aromatic rings. The molecule has 0 aromatic carbocycles. The van der Waals surface area contributed by atoms with Crippen molar-refractivity contribution < 1.29 is 0 Å². The van der Waals surface area contributed by atoms with Crippen LogP contribution in [0.15, 0.2) is 12.2 Å². The van der Waals surface area contributed by atoms with Crippen LogP contribution in [0.2, 0.25) is 0 Å². The maximum Gasteiger partial charge on any atom is 0.0516 e. The van der Waals surface area contributed by atoms with Gasteiger partial charge < -0.3 is 0 Å². The maximum atomic E-state index is 5.95. The van der Waals surface area contributed by atoms with E-state index in [1.54, 1.807) is 0 Å². The summed E-state index contributed by atoms with van der Waals surface area (Å²) in [6, 6.07) is 0. The van der Waals surface area contributed by atoms with E-state index < -0.39 is 0 Å². The number of hydrogen-bond donors (Lipinski definition) is 0. The molecule has 0 aliphatic rings. The fourth-order valence-electron chi connectivity index (χ4n) is 0.885. The third-order valence-corrected chi connectivity index (χ3v) is 2.06. The molecule has 1 atom stereocenters. The quantitative estimate of drug-likeness (QED) is 0.341. The van der Waals surface area contributed by atoms with Crippen LogP contribution in [0, 0.1) is 0 Å². The van der Waals surface area contributed by atoms with E-state index in [2.05, 4.69) is 6.92 Å². The highest BCUT2D eigenvalue weighted by atomic mass is 35.5. The summed E-state index contributed by atoms with van der Waals surface area (Å²) in [5.74, 6) is 0.566. The van der Waals surface area contributed by atoms with Crippen molar-refractivity contribution in [2.75, 3.05) is 5.88 Å². The second-order valence-electron chi connectivity index (χ2n) is 2.59. The molecule has 0 aromatic heterocycles. The van der Waals surface area contributed by atoms with E-state index in [-0.39, 0.29) is 5.38 Å². The Morgan fingerprint density at radius 2 is 2.09 bits per heavy atom. The minimum atomic E-state index is 0.181. The van der Waals surface area contributed by atoms with Gasteiger partial charge in [0.15, 0.2) is 0 Å². The summed E-state index contributed by atoms with van der Waals surface area (Å²) in [6.45, 7) is 2.19. The first-order valence-electron chi connectivity index (χ1n) is 4.18. The summed E-state index contributed by atoms with van der Waals surface area (Å²) in [4.78, 5) is 0. The molecule has 0 bridgehead atoms. The smallest absolute Gasteiger partial charge is 0.0516 e. The molecular formula is C9H16Cl2. The van der Waals surface area contributed by atoms with Gasteiger partial charge in [-0.15, -0.1) is 23.2 Å². The fraction of sp³-hybridized carbons (Fsp3) is 0.778. The monoisotopic (exact) mass is 194 g/mol. The maximum absolute atomic E-state index is 5.95. The lowest BCUT2D eigenvalue weighted by atomic mass is 10.1. The number of alkyl halides is 2. The number of hydrogen-bond acceptors (Lipinski definition) is 0. The third kappa shape index (κ3) is 8.22. The van der Waals surface area contributed by atoms with Gasteiger partial charge in [0.2, 0.25) is 0 Å². The van der Waals surface area contributed by atoms with Crippen molar-refractivity contribution in [2.45, 2.75) is 38.0 Å². The van der Waals surface area contributed by atoms with Crippen molar-refractivity contribution in [3.63, 3.8) is 0 Å². The Morgan fingerprint density at radius 3 is 2.64 bits per heavy atom. The van der Waals surface area contributed by atoms with Gasteiger partial charge in [-0.25, -0.2) is 0 Å². The van der Waals surface area contributed by atoms with Gasteiger partial charge in [-0.3, -0.25) is 0 Å². The van der Waals surface area contributed by atoms with E-state index >= 15 is 0 Å². The van der Waals surface area contributed by atoms with E-state index in [0.717, 1.165) is 6.42 Å². The Labute approximate surface area is 79.6 Å². The fourth-order valence-corrected chi connectivity index (χ4v) is 1.24. The minimum Gasteiger partial charge on any atom is -0.122 e. The topological polar surface area (TPSA) is 0 Å². The lowest BCUT2D eigenvalue weighted by Gasteiger charge is -2.01. The number of halogens is 2. The standard InChI is InChI=1S/C9H16Cl2/c1-2-3-4-6-9(11)7-5-8-10/h5,7,9H,2-4,6,8H2,1H3/b7-5+. The summed E-state index contributed by atoms with van der Waals surface area (Å²) in [5, 5.41) is 0.181. The number of rotatable bonds is 6. The van der Waals surface area contributed by atoms with Crippen LogP contribution in [0.5, 0.6) is 0 Å². The normalized spacial score (nSPS) is 14.1. The molecular weight excluding hydrogens is 179 g/mol. The summed E-state index contributed by atoms with van der Waals surface area (Å²) in [5.41, 5.74) is 0. The lowest BCUT2D eigenvalue weighted by molar-refractivity contribution is 0.677. The van der Waals surface area contributed by atoms with Crippen LogP contribution < -0.4 is 0 Å². The molecule has 0 N–H and O–H groups in total. The van der Waals surface area contributed by atoms with Crippen LogP contribution in [0.3, 0.4) is 0 Å². The highest BCUT2D eigenvalue weighted by Gasteiger charge is 1.97. The Kier molecular flexibility index (Phi) is 8.66. The first kappa shape index (κ1) is 11.3.